The predicted molar refractivity (Wildman–Crippen MR) is 113 cm³/mol. The minimum Gasteiger partial charge on any atom is -0.497 e. The predicted octanol–water partition coefficient (Wildman–Crippen LogP) is 5.04. The quantitative estimate of drug-likeness (QED) is 0.571. The second kappa shape index (κ2) is 8.68. The number of nitrogens with zero attached hydrogens (tertiary/aromatic N) is 1. The minimum atomic E-state index is -1.06. The van der Waals surface area contributed by atoms with Crippen LogP contribution in [0.25, 0.3) is 10.9 Å². The molecule has 3 aromatic rings. The van der Waals surface area contributed by atoms with E-state index >= 15 is 0 Å². The summed E-state index contributed by atoms with van der Waals surface area (Å²) in [6.07, 6.45) is -1.06. The van der Waals surface area contributed by atoms with Crippen LogP contribution in [0.2, 0.25) is 10.0 Å². The summed E-state index contributed by atoms with van der Waals surface area (Å²) >= 11 is 12.0. The van der Waals surface area contributed by atoms with Gasteiger partial charge in [0, 0.05) is 5.39 Å². The number of nitrogens with one attached hydrogen (secondary N) is 1. The van der Waals surface area contributed by atoms with Crippen molar-refractivity contribution in [3.63, 3.8) is 0 Å². The van der Waals surface area contributed by atoms with Crippen LogP contribution < -0.4 is 10.1 Å². The highest BCUT2D eigenvalue weighted by Gasteiger charge is 2.22. The number of aryl methyl sites for hydroxylation is 1. The smallest absolute Gasteiger partial charge is 0.340 e. The SMILES string of the molecule is COc1ccc2nc(C)c(C(=O)OC(C)C(=O)Nc3cccc(Cl)c3Cl)cc2c1. The van der Waals surface area contributed by atoms with E-state index in [-0.39, 0.29) is 10.6 Å². The molecular weight excluding hydrogens is 415 g/mol. The Hall–Kier alpha value is -2.83. The average molecular weight is 433 g/mol. The molecule has 0 saturated heterocycles. The third-order valence-electron chi connectivity index (χ3n) is 4.29. The first-order valence-corrected chi connectivity index (χ1v) is 9.47. The third-order valence-corrected chi connectivity index (χ3v) is 5.11. The van der Waals surface area contributed by atoms with E-state index in [0.29, 0.717) is 22.2 Å². The number of ether oxygens (including phenoxy) is 2. The highest BCUT2D eigenvalue weighted by molar-refractivity contribution is 6.44. The number of carbonyl (C=O) groups excluding carboxylic acids is 2. The Balaban J connectivity index is 1.77. The van der Waals surface area contributed by atoms with E-state index in [1.165, 1.54) is 6.92 Å². The Morgan fingerprint density at radius 2 is 1.90 bits per heavy atom. The fraction of sp³-hybridized carbons (Fsp3) is 0.190. The maximum atomic E-state index is 12.6. The Morgan fingerprint density at radius 3 is 2.62 bits per heavy atom. The fourth-order valence-corrected chi connectivity index (χ4v) is 3.04. The van der Waals surface area contributed by atoms with Gasteiger partial charge in [0.15, 0.2) is 6.10 Å². The number of esters is 1. The molecule has 1 atom stereocenters. The number of methoxy groups -OCH3 is 1. The molecule has 0 spiro atoms. The number of amides is 1. The Morgan fingerprint density at radius 1 is 1.14 bits per heavy atom. The molecule has 8 heteroatoms. The molecule has 29 heavy (non-hydrogen) atoms. The van der Waals surface area contributed by atoms with Crippen molar-refractivity contribution in [1.82, 2.24) is 4.98 Å². The highest BCUT2D eigenvalue weighted by Crippen LogP contribution is 2.29. The standard InChI is InChI=1S/C21H18Cl2N2O4/c1-11-15(10-13-9-14(28-3)7-8-17(13)24-11)21(27)29-12(2)20(26)25-18-6-4-5-16(22)19(18)23/h4-10,12H,1-3H3,(H,25,26). The molecule has 1 unspecified atom stereocenters. The highest BCUT2D eigenvalue weighted by atomic mass is 35.5. The third kappa shape index (κ3) is 4.60. The van der Waals surface area contributed by atoms with Crippen molar-refractivity contribution in [2.75, 3.05) is 12.4 Å². The molecule has 0 aliphatic carbocycles. The van der Waals surface area contributed by atoms with Crippen LogP contribution in [0.5, 0.6) is 5.75 Å². The van der Waals surface area contributed by atoms with Crippen molar-refractivity contribution in [1.29, 1.82) is 0 Å². The second-order valence-electron chi connectivity index (χ2n) is 6.32. The molecular formula is C21H18Cl2N2O4. The van der Waals surface area contributed by atoms with E-state index in [9.17, 15) is 9.59 Å². The molecule has 1 N–H and O–H groups in total. The van der Waals surface area contributed by atoms with Crippen LogP contribution >= 0.6 is 23.2 Å². The molecule has 0 bridgehead atoms. The number of rotatable bonds is 5. The first kappa shape index (κ1) is 20.9. The molecule has 3 rings (SSSR count). The molecule has 0 radical (unpaired) electrons. The lowest BCUT2D eigenvalue weighted by molar-refractivity contribution is -0.123. The molecule has 1 amide bonds. The van der Waals surface area contributed by atoms with Gasteiger partial charge in [0.05, 0.1) is 39.6 Å². The lowest BCUT2D eigenvalue weighted by Crippen LogP contribution is -2.30. The van der Waals surface area contributed by atoms with Crippen LogP contribution in [0.4, 0.5) is 5.69 Å². The van der Waals surface area contributed by atoms with Crippen molar-refractivity contribution >= 4 is 51.7 Å². The van der Waals surface area contributed by atoms with Crippen LogP contribution in [0.1, 0.15) is 23.0 Å². The van der Waals surface area contributed by atoms with Gasteiger partial charge in [-0.25, -0.2) is 4.79 Å². The van der Waals surface area contributed by atoms with Crippen LogP contribution in [0.15, 0.2) is 42.5 Å². The van der Waals surface area contributed by atoms with E-state index in [0.717, 1.165) is 10.9 Å². The second-order valence-corrected chi connectivity index (χ2v) is 7.10. The van der Waals surface area contributed by atoms with Gasteiger partial charge < -0.3 is 14.8 Å². The van der Waals surface area contributed by atoms with Gasteiger partial charge in [-0.2, -0.15) is 0 Å². The molecule has 1 aromatic heterocycles. The van der Waals surface area contributed by atoms with Crippen molar-refractivity contribution in [3.8, 4) is 5.75 Å². The van der Waals surface area contributed by atoms with E-state index < -0.39 is 18.0 Å². The summed E-state index contributed by atoms with van der Waals surface area (Å²) in [6, 6.07) is 11.9. The number of carbonyl (C=O) groups is 2. The summed E-state index contributed by atoms with van der Waals surface area (Å²) < 4.78 is 10.5. The Labute approximate surface area is 177 Å². The van der Waals surface area contributed by atoms with Gasteiger partial charge in [-0.15, -0.1) is 0 Å². The molecule has 0 aliphatic heterocycles. The summed E-state index contributed by atoms with van der Waals surface area (Å²) in [7, 11) is 1.56. The maximum absolute atomic E-state index is 12.6. The summed E-state index contributed by atoms with van der Waals surface area (Å²) in [5.41, 5.74) is 1.83. The monoisotopic (exact) mass is 432 g/mol. The van der Waals surface area contributed by atoms with Gasteiger partial charge in [0.1, 0.15) is 5.75 Å². The normalized spacial score (nSPS) is 11.8. The average Bonchev–Trinajstić information content (AvgIpc) is 2.70. The molecule has 0 aliphatic rings. The van der Waals surface area contributed by atoms with Crippen LogP contribution in [0.3, 0.4) is 0 Å². The molecule has 6 nitrogen and oxygen atoms in total. The molecule has 0 saturated carbocycles. The van der Waals surface area contributed by atoms with Crippen molar-refractivity contribution in [2.45, 2.75) is 20.0 Å². The van der Waals surface area contributed by atoms with E-state index in [1.807, 2.05) is 0 Å². The lowest BCUT2D eigenvalue weighted by atomic mass is 10.1. The zero-order valence-electron chi connectivity index (χ0n) is 16.0. The number of hydrogen-bond donors (Lipinski definition) is 1. The zero-order valence-corrected chi connectivity index (χ0v) is 17.5. The van der Waals surface area contributed by atoms with Crippen molar-refractivity contribution in [3.05, 3.63) is 63.8 Å². The Kier molecular flexibility index (Phi) is 6.25. The van der Waals surface area contributed by atoms with Crippen LogP contribution in [-0.2, 0) is 9.53 Å². The van der Waals surface area contributed by atoms with Gasteiger partial charge in [-0.05, 0) is 50.2 Å². The summed E-state index contributed by atoms with van der Waals surface area (Å²) in [4.78, 5) is 29.5. The van der Waals surface area contributed by atoms with E-state index in [4.69, 9.17) is 32.7 Å². The number of fused-ring (bicyclic) bond motifs is 1. The number of anilines is 1. The number of aromatic nitrogens is 1. The van der Waals surface area contributed by atoms with Gasteiger partial charge >= 0.3 is 5.97 Å². The summed E-state index contributed by atoms with van der Waals surface area (Å²) in [6.45, 7) is 3.18. The lowest BCUT2D eigenvalue weighted by Gasteiger charge is -2.15. The first-order chi connectivity index (χ1) is 13.8. The molecule has 2 aromatic carbocycles. The van der Waals surface area contributed by atoms with Crippen molar-refractivity contribution < 1.29 is 19.1 Å². The topological polar surface area (TPSA) is 77.5 Å². The summed E-state index contributed by atoms with van der Waals surface area (Å²) in [5.74, 6) is -0.538. The first-order valence-electron chi connectivity index (χ1n) is 8.71. The fourth-order valence-electron chi connectivity index (χ4n) is 2.70. The summed E-state index contributed by atoms with van der Waals surface area (Å²) in [5, 5.41) is 3.85. The van der Waals surface area contributed by atoms with Crippen LogP contribution in [-0.4, -0.2) is 30.1 Å². The molecule has 150 valence electrons. The number of halogens is 2. The van der Waals surface area contributed by atoms with E-state index in [1.54, 1.807) is 56.5 Å². The number of hydrogen-bond acceptors (Lipinski definition) is 5. The van der Waals surface area contributed by atoms with Gasteiger partial charge in [0.2, 0.25) is 0 Å². The van der Waals surface area contributed by atoms with Gasteiger partial charge in [-0.3, -0.25) is 9.78 Å². The minimum absolute atomic E-state index is 0.213. The Bertz CT molecular complexity index is 1100. The van der Waals surface area contributed by atoms with Crippen molar-refractivity contribution in [2.24, 2.45) is 0 Å². The molecule has 0 fully saturated rings. The number of pyridine rings is 1. The zero-order chi connectivity index (χ0) is 21.1. The van der Waals surface area contributed by atoms with Gasteiger partial charge in [0.25, 0.3) is 5.91 Å². The van der Waals surface area contributed by atoms with E-state index in [2.05, 4.69) is 10.3 Å². The largest absolute Gasteiger partial charge is 0.497 e. The molecule has 1 heterocycles. The van der Waals surface area contributed by atoms with Gasteiger partial charge in [-0.1, -0.05) is 29.3 Å². The maximum Gasteiger partial charge on any atom is 0.340 e. The van der Waals surface area contributed by atoms with Crippen LogP contribution in [0, 0.1) is 6.92 Å². The number of benzene rings is 2.